The van der Waals surface area contributed by atoms with Crippen LogP contribution in [0.15, 0.2) is 18.3 Å². The van der Waals surface area contributed by atoms with Crippen LogP contribution in [0, 0.1) is 0 Å². The average Bonchev–Trinajstić information content (AvgIpc) is 2.15. The van der Waals surface area contributed by atoms with E-state index in [-0.39, 0.29) is 5.54 Å². The third kappa shape index (κ3) is 4.79. The molecule has 1 aromatic rings. The largest absolute Gasteiger partial charge is 0.494 e. The molecule has 0 fully saturated rings. The van der Waals surface area contributed by atoms with Gasteiger partial charge in [-0.05, 0) is 33.8 Å². The number of ether oxygens (including phenoxy) is 1. The molecular formula is C12H20N2O. The number of aromatic nitrogens is 1. The number of nitrogens with one attached hydrogen (secondary N) is 1. The molecule has 0 aliphatic heterocycles. The van der Waals surface area contributed by atoms with Crippen molar-refractivity contribution < 1.29 is 4.74 Å². The lowest BCUT2D eigenvalue weighted by Gasteiger charge is -2.20. The van der Waals surface area contributed by atoms with Crippen LogP contribution in [0.2, 0.25) is 0 Å². The Labute approximate surface area is 91.9 Å². The van der Waals surface area contributed by atoms with Crippen LogP contribution in [0.4, 0.5) is 0 Å². The van der Waals surface area contributed by atoms with E-state index in [4.69, 9.17) is 4.74 Å². The molecule has 0 aliphatic carbocycles. The summed E-state index contributed by atoms with van der Waals surface area (Å²) < 4.78 is 5.41. The summed E-state index contributed by atoms with van der Waals surface area (Å²) in [7, 11) is 0. The second kappa shape index (κ2) is 5.12. The van der Waals surface area contributed by atoms with Gasteiger partial charge in [0.2, 0.25) is 0 Å². The Morgan fingerprint density at radius 1 is 1.40 bits per heavy atom. The number of nitrogens with zero attached hydrogens (tertiary/aromatic N) is 1. The van der Waals surface area contributed by atoms with Gasteiger partial charge in [0.1, 0.15) is 5.75 Å². The van der Waals surface area contributed by atoms with Crippen molar-refractivity contribution in [2.45, 2.75) is 39.8 Å². The van der Waals surface area contributed by atoms with Crippen LogP contribution in [0.25, 0.3) is 0 Å². The molecule has 1 N–H and O–H groups in total. The molecule has 0 bridgehead atoms. The first-order chi connectivity index (χ1) is 7.01. The fourth-order valence-electron chi connectivity index (χ4n) is 1.16. The Hall–Kier alpha value is -1.09. The van der Waals surface area contributed by atoms with Crippen LogP contribution in [-0.2, 0) is 6.54 Å². The molecule has 0 unspecified atom stereocenters. The Morgan fingerprint density at radius 3 is 2.73 bits per heavy atom. The van der Waals surface area contributed by atoms with Gasteiger partial charge in [-0.1, -0.05) is 0 Å². The van der Waals surface area contributed by atoms with Crippen LogP contribution < -0.4 is 10.1 Å². The van der Waals surface area contributed by atoms with Gasteiger partial charge in [0.15, 0.2) is 0 Å². The number of rotatable bonds is 4. The Kier molecular flexibility index (Phi) is 4.09. The Morgan fingerprint density at radius 2 is 2.13 bits per heavy atom. The fraction of sp³-hybridized carbons (Fsp3) is 0.583. The van der Waals surface area contributed by atoms with Gasteiger partial charge in [-0.15, -0.1) is 0 Å². The van der Waals surface area contributed by atoms with Crippen LogP contribution in [-0.4, -0.2) is 17.1 Å². The SMILES string of the molecule is CCOc1ccnc(CNC(C)(C)C)c1. The molecule has 0 radical (unpaired) electrons. The third-order valence-electron chi connectivity index (χ3n) is 1.90. The predicted octanol–water partition coefficient (Wildman–Crippen LogP) is 2.37. The molecule has 1 heterocycles. The molecule has 0 atom stereocenters. The van der Waals surface area contributed by atoms with E-state index in [0.717, 1.165) is 18.0 Å². The molecule has 0 amide bonds. The molecule has 1 aromatic heterocycles. The summed E-state index contributed by atoms with van der Waals surface area (Å²) in [6, 6.07) is 3.85. The zero-order valence-electron chi connectivity index (χ0n) is 10.0. The molecule has 0 saturated heterocycles. The summed E-state index contributed by atoms with van der Waals surface area (Å²) in [6.07, 6.45) is 1.78. The highest BCUT2D eigenvalue weighted by Crippen LogP contribution is 2.11. The van der Waals surface area contributed by atoms with Gasteiger partial charge in [0.05, 0.1) is 12.3 Å². The number of hydrogen-bond donors (Lipinski definition) is 1. The summed E-state index contributed by atoms with van der Waals surface area (Å²) in [4.78, 5) is 4.28. The summed E-state index contributed by atoms with van der Waals surface area (Å²) in [5, 5.41) is 3.39. The smallest absolute Gasteiger partial charge is 0.122 e. The molecule has 0 saturated carbocycles. The Bertz CT molecular complexity index is 305. The summed E-state index contributed by atoms with van der Waals surface area (Å²) in [5.41, 5.74) is 1.12. The normalized spacial score (nSPS) is 11.5. The van der Waals surface area contributed by atoms with Crippen molar-refractivity contribution in [3.8, 4) is 5.75 Å². The summed E-state index contributed by atoms with van der Waals surface area (Å²) in [6.45, 7) is 9.85. The highest BCUT2D eigenvalue weighted by molar-refractivity contribution is 5.22. The van der Waals surface area contributed by atoms with Crippen LogP contribution in [0.5, 0.6) is 5.75 Å². The van der Waals surface area contributed by atoms with Crippen molar-refractivity contribution in [2.24, 2.45) is 0 Å². The summed E-state index contributed by atoms with van der Waals surface area (Å²) >= 11 is 0. The number of hydrogen-bond acceptors (Lipinski definition) is 3. The highest BCUT2D eigenvalue weighted by Gasteiger charge is 2.08. The molecule has 15 heavy (non-hydrogen) atoms. The van der Waals surface area contributed by atoms with Gasteiger partial charge in [-0.3, -0.25) is 4.98 Å². The maximum absolute atomic E-state index is 5.41. The quantitative estimate of drug-likeness (QED) is 0.824. The van der Waals surface area contributed by atoms with Crippen LogP contribution in [0.1, 0.15) is 33.4 Å². The van der Waals surface area contributed by atoms with Crippen molar-refractivity contribution in [1.82, 2.24) is 10.3 Å². The first-order valence-corrected chi connectivity index (χ1v) is 5.34. The average molecular weight is 208 g/mol. The van der Waals surface area contributed by atoms with E-state index in [9.17, 15) is 0 Å². The van der Waals surface area contributed by atoms with Gasteiger partial charge < -0.3 is 10.1 Å². The molecule has 0 aromatic carbocycles. The van der Waals surface area contributed by atoms with Gasteiger partial charge in [-0.25, -0.2) is 0 Å². The summed E-state index contributed by atoms with van der Waals surface area (Å²) in [5.74, 6) is 0.887. The second-order valence-corrected chi connectivity index (χ2v) is 4.52. The first kappa shape index (κ1) is 12.0. The van der Waals surface area contributed by atoms with Crippen molar-refractivity contribution in [1.29, 1.82) is 0 Å². The molecule has 84 valence electrons. The maximum Gasteiger partial charge on any atom is 0.122 e. The standard InChI is InChI=1S/C12H20N2O/c1-5-15-11-6-7-13-10(8-11)9-14-12(2,3)4/h6-8,14H,5,9H2,1-4H3. The fourth-order valence-corrected chi connectivity index (χ4v) is 1.16. The maximum atomic E-state index is 5.41. The molecular weight excluding hydrogens is 188 g/mol. The monoisotopic (exact) mass is 208 g/mol. The zero-order valence-corrected chi connectivity index (χ0v) is 10.0. The minimum atomic E-state index is 0.114. The lowest BCUT2D eigenvalue weighted by Crippen LogP contribution is -2.35. The Balaban J connectivity index is 2.57. The first-order valence-electron chi connectivity index (χ1n) is 5.34. The molecule has 0 aliphatic rings. The van der Waals surface area contributed by atoms with Gasteiger partial charge >= 0.3 is 0 Å². The van der Waals surface area contributed by atoms with Crippen molar-refractivity contribution in [3.05, 3.63) is 24.0 Å². The molecule has 3 nitrogen and oxygen atoms in total. The van der Waals surface area contributed by atoms with E-state index >= 15 is 0 Å². The van der Waals surface area contributed by atoms with Crippen molar-refractivity contribution in [3.63, 3.8) is 0 Å². The minimum Gasteiger partial charge on any atom is -0.494 e. The van der Waals surface area contributed by atoms with Crippen molar-refractivity contribution in [2.75, 3.05) is 6.61 Å². The van der Waals surface area contributed by atoms with E-state index in [1.165, 1.54) is 0 Å². The van der Waals surface area contributed by atoms with E-state index < -0.39 is 0 Å². The van der Waals surface area contributed by atoms with Gasteiger partial charge in [-0.2, -0.15) is 0 Å². The lowest BCUT2D eigenvalue weighted by atomic mass is 10.1. The highest BCUT2D eigenvalue weighted by atomic mass is 16.5. The van der Waals surface area contributed by atoms with E-state index in [0.29, 0.717) is 6.61 Å². The minimum absolute atomic E-state index is 0.114. The zero-order chi connectivity index (χ0) is 11.3. The van der Waals surface area contributed by atoms with E-state index in [2.05, 4.69) is 31.1 Å². The molecule has 1 rings (SSSR count). The number of pyridine rings is 1. The second-order valence-electron chi connectivity index (χ2n) is 4.52. The van der Waals surface area contributed by atoms with E-state index in [1.54, 1.807) is 6.20 Å². The van der Waals surface area contributed by atoms with Gasteiger partial charge in [0.25, 0.3) is 0 Å². The van der Waals surface area contributed by atoms with Crippen LogP contribution >= 0.6 is 0 Å². The van der Waals surface area contributed by atoms with Crippen molar-refractivity contribution >= 4 is 0 Å². The van der Waals surface area contributed by atoms with E-state index in [1.807, 2.05) is 19.1 Å². The lowest BCUT2D eigenvalue weighted by molar-refractivity contribution is 0.338. The third-order valence-corrected chi connectivity index (χ3v) is 1.90. The van der Waals surface area contributed by atoms with Gasteiger partial charge in [0, 0.05) is 24.3 Å². The molecule has 3 heteroatoms. The van der Waals surface area contributed by atoms with Crippen LogP contribution in [0.3, 0.4) is 0 Å². The molecule has 0 spiro atoms. The topological polar surface area (TPSA) is 34.1 Å². The predicted molar refractivity (Wildman–Crippen MR) is 62.0 cm³/mol.